The number of allylic oxidation sites excluding steroid dienone is 3. The Kier molecular flexibility index (Phi) is 7.20. The monoisotopic (exact) mass is 420 g/mol. The van der Waals surface area contributed by atoms with Crippen molar-refractivity contribution < 1.29 is 9.59 Å². The molecule has 0 saturated carbocycles. The number of nitrogens with one attached hydrogen (secondary N) is 2. The molecule has 6 nitrogen and oxygen atoms in total. The molecule has 2 amide bonds. The lowest BCUT2D eigenvalue weighted by atomic mass is 10.0. The van der Waals surface area contributed by atoms with Crippen molar-refractivity contribution in [1.29, 1.82) is 0 Å². The van der Waals surface area contributed by atoms with E-state index < -0.39 is 0 Å². The standard InChI is InChI=1S/C25H32N4O2/c30-24(9-6-16-28-14-4-5-15-28)29-17-12-22(13-18-29)26-23-11-10-20(19-23)25(31)27-21-7-2-1-3-8-21/h1-3,6-11,22,26H,4-5,12-19H2,(H,27,31)/b9-6+. The van der Waals surface area contributed by atoms with Crippen molar-refractivity contribution in [3.05, 3.63) is 65.9 Å². The molecule has 2 N–H and O–H groups in total. The van der Waals surface area contributed by atoms with Crippen LogP contribution in [0.15, 0.2) is 65.9 Å². The number of hydrogen-bond acceptors (Lipinski definition) is 4. The number of carbonyl (C=O) groups excluding carboxylic acids is 2. The van der Waals surface area contributed by atoms with Crippen LogP contribution in [0.2, 0.25) is 0 Å². The van der Waals surface area contributed by atoms with Crippen molar-refractivity contribution in [1.82, 2.24) is 15.1 Å². The number of anilines is 1. The van der Waals surface area contributed by atoms with Crippen molar-refractivity contribution in [3.63, 3.8) is 0 Å². The topological polar surface area (TPSA) is 64.7 Å². The SMILES string of the molecule is O=C(Nc1ccccc1)C1=CC=C(NC2CCN(C(=O)/C=C/CN3CCCC3)CC2)C1. The van der Waals surface area contributed by atoms with E-state index in [1.165, 1.54) is 12.8 Å². The van der Waals surface area contributed by atoms with Gasteiger partial charge in [0.05, 0.1) is 0 Å². The predicted octanol–water partition coefficient (Wildman–Crippen LogP) is 3.07. The third-order valence-corrected chi connectivity index (χ3v) is 6.21. The van der Waals surface area contributed by atoms with Crippen LogP contribution in [-0.2, 0) is 9.59 Å². The zero-order valence-electron chi connectivity index (χ0n) is 18.1. The van der Waals surface area contributed by atoms with Crippen molar-refractivity contribution in [2.24, 2.45) is 0 Å². The van der Waals surface area contributed by atoms with Crippen LogP contribution in [0.4, 0.5) is 5.69 Å². The molecule has 6 heteroatoms. The summed E-state index contributed by atoms with van der Waals surface area (Å²) in [6, 6.07) is 9.86. The molecule has 1 aromatic carbocycles. The van der Waals surface area contributed by atoms with Gasteiger partial charge in [0.15, 0.2) is 0 Å². The number of carbonyl (C=O) groups is 2. The van der Waals surface area contributed by atoms with Crippen LogP contribution in [0.3, 0.4) is 0 Å². The largest absolute Gasteiger partial charge is 0.385 e. The van der Waals surface area contributed by atoms with Crippen molar-refractivity contribution in [3.8, 4) is 0 Å². The molecule has 3 aliphatic rings. The molecule has 4 rings (SSSR count). The molecule has 1 aromatic rings. The second-order valence-corrected chi connectivity index (χ2v) is 8.53. The van der Waals surface area contributed by atoms with Gasteiger partial charge in [0.25, 0.3) is 5.91 Å². The van der Waals surface area contributed by atoms with Gasteiger partial charge in [-0.05, 0) is 57.0 Å². The molecule has 164 valence electrons. The highest BCUT2D eigenvalue weighted by molar-refractivity contribution is 6.04. The highest BCUT2D eigenvalue weighted by Gasteiger charge is 2.24. The Morgan fingerprint density at radius 3 is 2.48 bits per heavy atom. The van der Waals surface area contributed by atoms with Crippen LogP contribution in [0.25, 0.3) is 0 Å². The summed E-state index contributed by atoms with van der Waals surface area (Å²) in [6.07, 6.45) is 12.7. The number of para-hydroxylation sites is 1. The quantitative estimate of drug-likeness (QED) is 0.666. The van der Waals surface area contributed by atoms with Gasteiger partial charge in [0.1, 0.15) is 0 Å². The van der Waals surface area contributed by atoms with Gasteiger partial charge in [0, 0.05) is 55.1 Å². The van der Waals surface area contributed by atoms with Crippen molar-refractivity contribution >= 4 is 17.5 Å². The Labute approximate surface area is 184 Å². The van der Waals surface area contributed by atoms with E-state index in [9.17, 15) is 9.59 Å². The predicted molar refractivity (Wildman–Crippen MR) is 123 cm³/mol. The van der Waals surface area contributed by atoms with E-state index in [0.29, 0.717) is 12.5 Å². The maximum atomic E-state index is 12.4. The third kappa shape index (κ3) is 6.07. The molecule has 2 saturated heterocycles. The summed E-state index contributed by atoms with van der Waals surface area (Å²) in [5, 5.41) is 6.51. The Balaban J connectivity index is 1.15. The fourth-order valence-electron chi connectivity index (χ4n) is 4.39. The van der Waals surface area contributed by atoms with Crippen LogP contribution in [0, 0.1) is 0 Å². The van der Waals surface area contributed by atoms with E-state index in [4.69, 9.17) is 0 Å². The summed E-state index contributed by atoms with van der Waals surface area (Å²) in [5.74, 6) is 0.0691. The lowest BCUT2D eigenvalue weighted by Crippen LogP contribution is -2.44. The van der Waals surface area contributed by atoms with Gasteiger partial charge < -0.3 is 15.5 Å². The van der Waals surface area contributed by atoms with Crippen LogP contribution in [0.5, 0.6) is 0 Å². The summed E-state index contributed by atoms with van der Waals surface area (Å²) in [4.78, 5) is 29.2. The van der Waals surface area contributed by atoms with E-state index in [-0.39, 0.29) is 11.8 Å². The first-order chi connectivity index (χ1) is 15.2. The third-order valence-electron chi connectivity index (χ3n) is 6.21. The van der Waals surface area contributed by atoms with Gasteiger partial charge in [-0.15, -0.1) is 0 Å². The zero-order valence-corrected chi connectivity index (χ0v) is 18.1. The molecule has 0 bridgehead atoms. The van der Waals surface area contributed by atoms with Crippen molar-refractivity contribution in [2.45, 2.75) is 38.1 Å². The molecule has 2 fully saturated rings. The lowest BCUT2D eigenvalue weighted by molar-refractivity contribution is -0.127. The van der Waals surface area contributed by atoms with E-state index in [1.807, 2.05) is 53.5 Å². The Morgan fingerprint density at radius 2 is 1.74 bits per heavy atom. The van der Waals surface area contributed by atoms with Gasteiger partial charge in [0.2, 0.25) is 5.91 Å². The van der Waals surface area contributed by atoms with Crippen LogP contribution >= 0.6 is 0 Å². The van der Waals surface area contributed by atoms with Gasteiger partial charge in [-0.3, -0.25) is 14.5 Å². The Hall–Kier alpha value is -2.86. The van der Waals surface area contributed by atoms with Crippen LogP contribution in [0.1, 0.15) is 32.1 Å². The van der Waals surface area contributed by atoms with Crippen LogP contribution < -0.4 is 10.6 Å². The van der Waals surface area contributed by atoms with Crippen LogP contribution in [-0.4, -0.2) is 60.4 Å². The second-order valence-electron chi connectivity index (χ2n) is 8.53. The first kappa shape index (κ1) is 21.4. The highest BCUT2D eigenvalue weighted by atomic mass is 16.2. The number of hydrogen-bond donors (Lipinski definition) is 2. The van der Waals surface area contributed by atoms with Gasteiger partial charge in [-0.1, -0.05) is 30.4 Å². The molecular weight excluding hydrogens is 388 g/mol. The zero-order chi connectivity index (χ0) is 21.5. The van der Waals surface area contributed by atoms with E-state index >= 15 is 0 Å². The minimum atomic E-state index is -0.0552. The number of piperidine rings is 1. The van der Waals surface area contributed by atoms with Crippen molar-refractivity contribution in [2.75, 3.05) is 38.0 Å². The van der Waals surface area contributed by atoms with E-state index in [1.54, 1.807) is 6.08 Å². The molecular formula is C25H32N4O2. The number of amides is 2. The Morgan fingerprint density at radius 1 is 1.00 bits per heavy atom. The average Bonchev–Trinajstić information content (AvgIpc) is 3.47. The number of likely N-dealkylation sites (tertiary alicyclic amines) is 2. The molecule has 0 spiro atoms. The summed E-state index contributed by atoms with van der Waals surface area (Å²) in [7, 11) is 0. The average molecular weight is 421 g/mol. The maximum Gasteiger partial charge on any atom is 0.251 e. The molecule has 2 heterocycles. The number of rotatable bonds is 7. The number of benzene rings is 1. The van der Waals surface area contributed by atoms with E-state index in [2.05, 4.69) is 15.5 Å². The summed E-state index contributed by atoms with van der Waals surface area (Å²) in [6.45, 7) is 4.72. The fraction of sp³-hybridized carbons (Fsp3) is 0.440. The second kappa shape index (κ2) is 10.4. The molecule has 0 aromatic heterocycles. The first-order valence-corrected chi connectivity index (χ1v) is 11.4. The smallest absolute Gasteiger partial charge is 0.251 e. The summed E-state index contributed by atoms with van der Waals surface area (Å²) >= 11 is 0. The highest BCUT2D eigenvalue weighted by Crippen LogP contribution is 2.21. The summed E-state index contributed by atoms with van der Waals surface area (Å²) < 4.78 is 0. The molecule has 31 heavy (non-hydrogen) atoms. The number of nitrogens with zero attached hydrogens (tertiary/aromatic N) is 2. The molecule has 0 atom stereocenters. The summed E-state index contributed by atoms with van der Waals surface area (Å²) in [5.41, 5.74) is 2.65. The fourth-order valence-corrected chi connectivity index (χ4v) is 4.39. The van der Waals surface area contributed by atoms with Gasteiger partial charge >= 0.3 is 0 Å². The molecule has 0 unspecified atom stereocenters. The molecule has 1 aliphatic carbocycles. The van der Waals surface area contributed by atoms with Gasteiger partial charge in [-0.25, -0.2) is 0 Å². The maximum absolute atomic E-state index is 12.4. The van der Waals surface area contributed by atoms with Gasteiger partial charge in [-0.2, -0.15) is 0 Å². The first-order valence-electron chi connectivity index (χ1n) is 11.4. The molecule has 2 aliphatic heterocycles. The Bertz CT molecular complexity index is 861. The molecule has 0 radical (unpaired) electrons. The minimum absolute atomic E-state index is 0.0552. The lowest BCUT2D eigenvalue weighted by Gasteiger charge is -2.32. The normalized spacial score (nSPS) is 20.1. The van der Waals surface area contributed by atoms with E-state index in [0.717, 1.165) is 62.5 Å². The minimum Gasteiger partial charge on any atom is -0.385 e.